The van der Waals surface area contributed by atoms with Crippen LogP contribution < -0.4 is 4.72 Å². The smallest absolute Gasteiger partial charge is 0.258 e. The van der Waals surface area contributed by atoms with E-state index >= 15 is 0 Å². The predicted molar refractivity (Wildman–Crippen MR) is 95.7 cm³/mol. The zero-order chi connectivity index (χ0) is 16.6. The van der Waals surface area contributed by atoms with Gasteiger partial charge in [-0.1, -0.05) is 6.07 Å². The van der Waals surface area contributed by atoms with Gasteiger partial charge < -0.3 is 0 Å². The van der Waals surface area contributed by atoms with Crippen LogP contribution in [0.4, 0.5) is 0 Å². The molecule has 4 rings (SSSR count). The molecule has 0 amide bonds. The Morgan fingerprint density at radius 1 is 1.21 bits per heavy atom. The lowest BCUT2D eigenvalue weighted by Crippen LogP contribution is -2.30. The van der Waals surface area contributed by atoms with Crippen LogP contribution in [0.15, 0.2) is 46.2 Å². The molecule has 0 saturated carbocycles. The van der Waals surface area contributed by atoms with Crippen molar-refractivity contribution < 1.29 is 8.42 Å². The summed E-state index contributed by atoms with van der Waals surface area (Å²) in [5.74, 6) is 0. The molecule has 0 fully saturated rings. The minimum Gasteiger partial charge on any atom is -0.265 e. The van der Waals surface area contributed by atoms with E-state index in [1.54, 1.807) is 29.7 Å². The third kappa shape index (κ3) is 2.91. The minimum atomic E-state index is -3.69. The lowest BCUT2D eigenvalue weighted by atomic mass is 10.2. The number of pyridine rings is 1. The quantitative estimate of drug-likeness (QED) is 0.759. The summed E-state index contributed by atoms with van der Waals surface area (Å²) in [4.78, 5) is 13.8. The van der Waals surface area contributed by atoms with Crippen molar-refractivity contribution in [2.24, 2.45) is 4.99 Å². The van der Waals surface area contributed by atoms with E-state index in [-0.39, 0.29) is 11.6 Å². The maximum Gasteiger partial charge on any atom is 0.258 e. The first kappa shape index (κ1) is 15.6. The van der Waals surface area contributed by atoms with Gasteiger partial charge in [0.25, 0.3) is 10.0 Å². The average Bonchev–Trinajstić information content (AvgIpc) is 3.31. The summed E-state index contributed by atoms with van der Waals surface area (Å²) in [6.45, 7) is 0.435. The topological polar surface area (TPSA) is 84.3 Å². The summed E-state index contributed by atoms with van der Waals surface area (Å²) >= 11 is 3.11. The highest BCUT2D eigenvalue weighted by Crippen LogP contribution is 2.28. The van der Waals surface area contributed by atoms with Crippen LogP contribution in [0.2, 0.25) is 0 Å². The molecule has 3 aromatic heterocycles. The van der Waals surface area contributed by atoms with Crippen molar-refractivity contribution in [1.82, 2.24) is 14.7 Å². The summed E-state index contributed by atoms with van der Waals surface area (Å²) < 4.78 is 27.6. The fourth-order valence-electron chi connectivity index (χ4n) is 2.36. The van der Waals surface area contributed by atoms with Crippen LogP contribution in [0.5, 0.6) is 0 Å². The number of aromatic nitrogens is 2. The lowest BCUT2D eigenvalue weighted by molar-refractivity contribution is 0.593. The van der Waals surface area contributed by atoms with Crippen molar-refractivity contribution in [3.05, 3.63) is 58.2 Å². The molecule has 0 atom stereocenters. The molecule has 1 aliphatic heterocycles. The van der Waals surface area contributed by atoms with E-state index in [0.717, 1.165) is 9.88 Å². The highest BCUT2D eigenvalue weighted by molar-refractivity contribution is 8.05. The van der Waals surface area contributed by atoms with Gasteiger partial charge in [-0.15, -0.1) is 22.7 Å². The van der Waals surface area contributed by atoms with Gasteiger partial charge in [0.2, 0.25) is 0 Å². The number of aliphatic imine (C=N–C) groups is 1. The van der Waals surface area contributed by atoms with E-state index in [2.05, 4.69) is 19.7 Å². The van der Waals surface area contributed by atoms with Crippen LogP contribution in [0, 0.1) is 0 Å². The van der Waals surface area contributed by atoms with E-state index in [4.69, 9.17) is 0 Å². The molecule has 9 heteroatoms. The molecular weight excluding hydrogens is 364 g/mol. The molecule has 0 aliphatic carbocycles. The van der Waals surface area contributed by atoms with E-state index in [9.17, 15) is 8.42 Å². The molecule has 1 N–H and O–H groups in total. The fraction of sp³-hybridized carbons (Fsp3) is 0.133. The largest absolute Gasteiger partial charge is 0.265 e. The SMILES string of the molecule is O=S(=O)(NCc1csc(-c2cccs2)n1)C1=NCc2ncccc21. The Kier molecular flexibility index (Phi) is 4.01. The van der Waals surface area contributed by atoms with E-state index in [1.807, 2.05) is 22.9 Å². The fourth-order valence-corrected chi connectivity index (χ4v) is 5.18. The summed E-state index contributed by atoms with van der Waals surface area (Å²) in [6.07, 6.45) is 1.64. The van der Waals surface area contributed by atoms with Crippen LogP contribution in [0.1, 0.15) is 17.0 Å². The molecule has 0 unspecified atom stereocenters. The molecule has 3 aromatic rings. The number of rotatable bonds is 4. The first-order chi connectivity index (χ1) is 11.6. The number of hydrogen-bond acceptors (Lipinski definition) is 7. The Balaban J connectivity index is 1.50. The molecule has 0 aromatic carbocycles. The highest BCUT2D eigenvalue weighted by Gasteiger charge is 2.28. The molecule has 0 bridgehead atoms. The summed E-state index contributed by atoms with van der Waals surface area (Å²) in [5, 5.41) is 4.80. The van der Waals surface area contributed by atoms with Crippen molar-refractivity contribution in [1.29, 1.82) is 0 Å². The molecular formula is C15H12N4O2S3. The van der Waals surface area contributed by atoms with Gasteiger partial charge in [0.15, 0.2) is 5.04 Å². The normalized spacial score (nSPS) is 13.8. The van der Waals surface area contributed by atoms with Crippen LogP contribution in [-0.2, 0) is 23.1 Å². The second-order valence-corrected chi connectivity index (χ2v) is 8.55. The van der Waals surface area contributed by atoms with Gasteiger partial charge in [-0.25, -0.2) is 18.1 Å². The zero-order valence-corrected chi connectivity index (χ0v) is 14.8. The van der Waals surface area contributed by atoms with Gasteiger partial charge in [0.05, 0.1) is 29.4 Å². The lowest BCUT2D eigenvalue weighted by Gasteiger charge is -2.06. The number of fused-ring (bicyclic) bond motifs is 1. The molecule has 24 heavy (non-hydrogen) atoms. The summed E-state index contributed by atoms with van der Waals surface area (Å²) in [6, 6.07) is 7.40. The van der Waals surface area contributed by atoms with Crippen molar-refractivity contribution in [2.45, 2.75) is 13.1 Å². The average molecular weight is 376 g/mol. The molecule has 0 saturated heterocycles. The predicted octanol–water partition coefficient (Wildman–Crippen LogP) is 2.65. The molecule has 122 valence electrons. The first-order valence-electron chi connectivity index (χ1n) is 7.10. The van der Waals surface area contributed by atoms with Crippen molar-refractivity contribution in [3.63, 3.8) is 0 Å². The van der Waals surface area contributed by atoms with Crippen LogP contribution in [0.25, 0.3) is 9.88 Å². The Morgan fingerprint density at radius 2 is 2.12 bits per heavy atom. The van der Waals surface area contributed by atoms with Crippen molar-refractivity contribution in [2.75, 3.05) is 0 Å². The Bertz CT molecular complexity index is 1010. The van der Waals surface area contributed by atoms with Gasteiger partial charge in [0, 0.05) is 17.1 Å². The van der Waals surface area contributed by atoms with E-state index < -0.39 is 10.0 Å². The Labute approximate surface area is 147 Å². The number of nitrogens with zero attached hydrogens (tertiary/aromatic N) is 3. The Morgan fingerprint density at radius 3 is 2.96 bits per heavy atom. The van der Waals surface area contributed by atoms with Gasteiger partial charge >= 0.3 is 0 Å². The number of hydrogen-bond donors (Lipinski definition) is 1. The van der Waals surface area contributed by atoms with Gasteiger partial charge in [-0.2, -0.15) is 0 Å². The second kappa shape index (κ2) is 6.17. The maximum atomic E-state index is 12.5. The summed E-state index contributed by atoms with van der Waals surface area (Å²) in [5.41, 5.74) is 1.95. The van der Waals surface area contributed by atoms with Crippen molar-refractivity contribution >= 4 is 37.7 Å². The standard InChI is InChI=1S/C15H12N4O2S3/c20-24(21,15-11-3-1-5-16-12(11)8-17-15)18-7-10-9-23-14(19-10)13-4-2-6-22-13/h1-6,9,18H,7-8H2. The second-order valence-electron chi connectivity index (χ2n) is 5.06. The highest BCUT2D eigenvalue weighted by atomic mass is 32.2. The van der Waals surface area contributed by atoms with Gasteiger partial charge in [-0.3, -0.25) is 9.98 Å². The number of sulfonamides is 1. The van der Waals surface area contributed by atoms with Crippen LogP contribution in [-0.4, -0.2) is 23.4 Å². The first-order valence-corrected chi connectivity index (χ1v) is 10.3. The number of nitrogens with one attached hydrogen (secondary N) is 1. The third-order valence-corrected chi connectivity index (χ3v) is 6.79. The Hall–Kier alpha value is -1.94. The van der Waals surface area contributed by atoms with Crippen LogP contribution in [0.3, 0.4) is 0 Å². The van der Waals surface area contributed by atoms with E-state index in [0.29, 0.717) is 23.5 Å². The number of thiazole rings is 1. The summed E-state index contributed by atoms with van der Waals surface area (Å²) in [7, 11) is -3.69. The van der Waals surface area contributed by atoms with Gasteiger partial charge in [-0.05, 0) is 23.6 Å². The minimum absolute atomic E-state index is 0.0549. The maximum absolute atomic E-state index is 12.5. The van der Waals surface area contributed by atoms with Gasteiger partial charge in [0.1, 0.15) is 5.01 Å². The molecule has 4 heterocycles. The molecule has 0 radical (unpaired) electrons. The van der Waals surface area contributed by atoms with Crippen LogP contribution >= 0.6 is 22.7 Å². The molecule has 6 nitrogen and oxygen atoms in total. The third-order valence-electron chi connectivity index (χ3n) is 3.47. The monoisotopic (exact) mass is 376 g/mol. The molecule has 0 spiro atoms. The molecule has 1 aliphatic rings. The van der Waals surface area contributed by atoms with Crippen molar-refractivity contribution in [3.8, 4) is 9.88 Å². The zero-order valence-electron chi connectivity index (χ0n) is 12.3. The van der Waals surface area contributed by atoms with E-state index in [1.165, 1.54) is 11.3 Å². The number of thiophene rings is 1.